The van der Waals surface area contributed by atoms with E-state index in [0.717, 1.165) is 10.2 Å². The monoisotopic (exact) mass is 328 g/mol. The van der Waals surface area contributed by atoms with Crippen molar-refractivity contribution in [3.05, 3.63) is 46.0 Å². The quantitative estimate of drug-likeness (QED) is 0.724. The van der Waals surface area contributed by atoms with Gasteiger partial charge >= 0.3 is 0 Å². The Bertz CT molecular complexity index is 959. The summed E-state index contributed by atoms with van der Waals surface area (Å²) >= 11 is 1.53. The first kappa shape index (κ1) is 15.7. The lowest BCUT2D eigenvalue weighted by molar-refractivity contribution is 0.0986. The zero-order chi connectivity index (χ0) is 16.7. The van der Waals surface area contributed by atoms with Crippen LogP contribution in [0.15, 0.2) is 29.4 Å². The van der Waals surface area contributed by atoms with Gasteiger partial charge in [0.2, 0.25) is 0 Å². The molecule has 0 aliphatic heterocycles. The molecule has 120 valence electrons. The first-order valence-electron chi connectivity index (χ1n) is 7.58. The molecule has 0 saturated heterocycles. The fourth-order valence-corrected chi connectivity index (χ4v) is 3.75. The first-order valence-corrected chi connectivity index (χ1v) is 8.40. The Balaban J connectivity index is 2.15. The van der Waals surface area contributed by atoms with Crippen LogP contribution in [0.2, 0.25) is 0 Å². The van der Waals surface area contributed by atoms with Crippen molar-refractivity contribution in [3.63, 3.8) is 0 Å². The molecular weight excluding hydrogens is 308 g/mol. The van der Waals surface area contributed by atoms with Crippen molar-refractivity contribution in [1.29, 1.82) is 0 Å². The molecule has 23 heavy (non-hydrogen) atoms. The molecule has 0 fully saturated rings. The van der Waals surface area contributed by atoms with Crippen LogP contribution in [0.3, 0.4) is 0 Å². The number of aryl methyl sites for hydroxylation is 3. The Morgan fingerprint density at radius 1 is 1.26 bits per heavy atom. The molecule has 3 rings (SSSR count). The van der Waals surface area contributed by atoms with Crippen LogP contribution in [0, 0.1) is 13.8 Å². The third kappa shape index (κ3) is 2.63. The summed E-state index contributed by atoms with van der Waals surface area (Å²) in [4.78, 5) is 17.6. The predicted molar refractivity (Wildman–Crippen MR) is 92.8 cm³/mol. The third-order valence-corrected chi connectivity index (χ3v) is 5.16. The third-order valence-electron chi connectivity index (χ3n) is 4.06. The topological polar surface area (TPSA) is 52.2 Å². The van der Waals surface area contributed by atoms with E-state index in [-0.39, 0.29) is 11.9 Å². The Labute approximate surface area is 138 Å². The molecule has 6 heteroatoms. The second-order valence-corrected chi connectivity index (χ2v) is 6.98. The number of aromatic nitrogens is 3. The van der Waals surface area contributed by atoms with E-state index in [2.05, 4.69) is 36.1 Å². The highest BCUT2D eigenvalue weighted by Gasteiger charge is 2.14. The van der Waals surface area contributed by atoms with Gasteiger partial charge in [0.15, 0.2) is 4.80 Å². The van der Waals surface area contributed by atoms with Crippen molar-refractivity contribution in [2.75, 3.05) is 0 Å². The molecule has 0 N–H and O–H groups in total. The number of rotatable bonds is 2. The van der Waals surface area contributed by atoms with Crippen molar-refractivity contribution in [2.24, 2.45) is 12.0 Å². The van der Waals surface area contributed by atoms with Crippen LogP contribution < -0.4 is 4.80 Å². The molecule has 5 nitrogen and oxygen atoms in total. The summed E-state index contributed by atoms with van der Waals surface area (Å²) in [6.45, 7) is 8.18. The van der Waals surface area contributed by atoms with Gasteiger partial charge in [0, 0.05) is 19.3 Å². The van der Waals surface area contributed by atoms with E-state index in [1.165, 1.54) is 22.5 Å². The maximum absolute atomic E-state index is 12.5. The van der Waals surface area contributed by atoms with E-state index < -0.39 is 0 Å². The van der Waals surface area contributed by atoms with Crippen molar-refractivity contribution in [3.8, 4) is 0 Å². The number of hydrogen-bond acceptors (Lipinski definition) is 3. The number of hydrogen-bond donors (Lipinski definition) is 0. The van der Waals surface area contributed by atoms with Gasteiger partial charge in [-0.2, -0.15) is 10.1 Å². The number of amides is 1. The van der Waals surface area contributed by atoms with Gasteiger partial charge in [-0.25, -0.2) is 0 Å². The van der Waals surface area contributed by atoms with E-state index in [9.17, 15) is 4.79 Å². The van der Waals surface area contributed by atoms with Crippen LogP contribution >= 0.6 is 11.3 Å². The highest BCUT2D eigenvalue weighted by atomic mass is 32.1. The molecule has 0 bridgehead atoms. The average Bonchev–Trinajstić information content (AvgIpc) is 3.09. The lowest BCUT2D eigenvalue weighted by Gasteiger charge is -2.07. The molecule has 0 unspecified atom stereocenters. The fraction of sp³-hybridized carbons (Fsp3) is 0.353. The maximum Gasteiger partial charge on any atom is 0.297 e. The molecule has 0 aliphatic carbocycles. The van der Waals surface area contributed by atoms with Gasteiger partial charge in [0.25, 0.3) is 5.91 Å². The maximum atomic E-state index is 12.5. The minimum Gasteiger partial charge on any atom is -0.319 e. The summed E-state index contributed by atoms with van der Waals surface area (Å²) in [5, 5.41) is 4.20. The van der Waals surface area contributed by atoms with Gasteiger partial charge in [-0.1, -0.05) is 17.4 Å². The van der Waals surface area contributed by atoms with E-state index in [1.54, 1.807) is 16.9 Å². The van der Waals surface area contributed by atoms with Gasteiger partial charge in [-0.3, -0.25) is 9.48 Å². The number of fused-ring (bicyclic) bond motifs is 1. The van der Waals surface area contributed by atoms with Crippen LogP contribution in [0.5, 0.6) is 0 Å². The molecule has 0 aliphatic rings. The van der Waals surface area contributed by atoms with E-state index in [4.69, 9.17) is 0 Å². The Morgan fingerprint density at radius 2 is 2.00 bits per heavy atom. The normalized spacial score (nSPS) is 12.5. The van der Waals surface area contributed by atoms with Crippen LogP contribution in [0.1, 0.15) is 41.5 Å². The zero-order valence-electron chi connectivity index (χ0n) is 14.0. The average molecular weight is 328 g/mol. The first-order chi connectivity index (χ1) is 10.9. The van der Waals surface area contributed by atoms with Gasteiger partial charge in [0.1, 0.15) is 5.69 Å². The molecule has 2 heterocycles. The molecular formula is C17H20N4OS. The lowest BCUT2D eigenvalue weighted by Crippen LogP contribution is -2.17. The summed E-state index contributed by atoms with van der Waals surface area (Å²) in [7, 11) is 1.96. The Morgan fingerprint density at radius 3 is 2.70 bits per heavy atom. The minimum absolute atomic E-state index is 0.125. The molecule has 2 aromatic heterocycles. The van der Waals surface area contributed by atoms with Crippen molar-refractivity contribution in [1.82, 2.24) is 14.3 Å². The highest BCUT2D eigenvalue weighted by molar-refractivity contribution is 7.16. The van der Waals surface area contributed by atoms with E-state index in [1.807, 2.05) is 25.5 Å². The largest absolute Gasteiger partial charge is 0.319 e. The molecule has 1 aromatic carbocycles. The number of carbonyl (C=O) groups excluding carboxylic acids is 1. The van der Waals surface area contributed by atoms with Crippen molar-refractivity contribution < 1.29 is 4.79 Å². The smallest absolute Gasteiger partial charge is 0.297 e. The summed E-state index contributed by atoms with van der Waals surface area (Å²) in [5.41, 5.74) is 4.12. The second-order valence-electron chi connectivity index (χ2n) is 5.97. The SMILES string of the molecule is Cc1ccc2sc(=NC(=O)c3ccnn3C(C)C)n(C)c2c1C. The summed E-state index contributed by atoms with van der Waals surface area (Å²) < 4.78 is 4.84. The highest BCUT2D eigenvalue weighted by Crippen LogP contribution is 2.23. The predicted octanol–water partition coefficient (Wildman–Crippen LogP) is 3.38. The van der Waals surface area contributed by atoms with Gasteiger partial charge in [-0.05, 0) is 51.0 Å². The summed E-state index contributed by atoms with van der Waals surface area (Å²) in [5.74, 6) is -0.257. The molecule has 0 spiro atoms. The minimum atomic E-state index is -0.257. The van der Waals surface area contributed by atoms with Crippen LogP contribution in [-0.2, 0) is 7.05 Å². The van der Waals surface area contributed by atoms with E-state index in [0.29, 0.717) is 10.5 Å². The van der Waals surface area contributed by atoms with Gasteiger partial charge < -0.3 is 4.57 Å². The molecule has 0 radical (unpaired) electrons. The van der Waals surface area contributed by atoms with Crippen molar-refractivity contribution >= 4 is 27.5 Å². The van der Waals surface area contributed by atoms with Crippen molar-refractivity contribution in [2.45, 2.75) is 33.7 Å². The number of thiazole rings is 1. The lowest BCUT2D eigenvalue weighted by atomic mass is 10.1. The summed E-state index contributed by atoms with van der Waals surface area (Å²) in [6.07, 6.45) is 1.64. The standard InChI is InChI=1S/C17H20N4OS/c1-10(2)21-13(8-9-18-21)16(22)19-17-20(5)15-12(4)11(3)6-7-14(15)23-17/h6-10H,1-5H3. The van der Waals surface area contributed by atoms with Crippen LogP contribution in [-0.4, -0.2) is 20.3 Å². The number of nitrogens with zero attached hydrogens (tertiary/aromatic N) is 4. The number of benzene rings is 1. The molecule has 1 amide bonds. The van der Waals surface area contributed by atoms with Crippen LogP contribution in [0.4, 0.5) is 0 Å². The van der Waals surface area contributed by atoms with E-state index >= 15 is 0 Å². The Kier molecular flexibility index (Phi) is 3.93. The Hall–Kier alpha value is -2.21. The molecule has 0 atom stereocenters. The molecule has 0 saturated carbocycles. The zero-order valence-corrected chi connectivity index (χ0v) is 14.8. The van der Waals surface area contributed by atoms with Gasteiger partial charge in [0.05, 0.1) is 10.2 Å². The second kappa shape index (κ2) is 5.77. The van der Waals surface area contributed by atoms with Gasteiger partial charge in [-0.15, -0.1) is 0 Å². The van der Waals surface area contributed by atoms with Crippen LogP contribution in [0.25, 0.3) is 10.2 Å². The summed E-state index contributed by atoms with van der Waals surface area (Å²) in [6, 6.07) is 6.03. The fourth-order valence-electron chi connectivity index (χ4n) is 2.67. The molecule has 3 aromatic rings. The number of carbonyl (C=O) groups is 1.